The molecule has 212 valence electrons. The van der Waals surface area contributed by atoms with Gasteiger partial charge in [-0.1, -0.05) is 31.0 Å². The molecule has 9 nitrogen and oxygen atoms in total. The number of hydrogen-bond donors (Lipinski definition) is 2. The molecule has 2 N–H and O–H groups in total. The molecular weight excluding hydrogens is 516 g/mol. The van der Waals surface area contributed by atoms with Crippen LogP contribution in [0.5, 0.6) is 0 Å². The number of aryl methyl sites for hydroxylation is 1. The normalized spacial score (nSPS) is 16.4. The van der Waals surface area contributed by atoms with Crippen LogP contribution in [-0.4, -0.2) is 43.5 Å². The highest BCUT2D eigenvalue weighted by atomic mass is 16.3. The van der Waals surface area contributed by atoms with E-state index in [0.29, 0.717) is 28.9 Å². The molecule has 2 aliphatic rings. The predicted molar refractivity (Wildman–Crippen MR) is 160 cm³/mol. The first-order chi connectivity index (χ1) is 19.9. The van der Waals surface area contributed by atoms with Crippen molar-refractivity contribution in [1.29, 1.82) is 0 Å². The zero-order chi connectivity index (χ0) is 28.5. The molecule has 0 bridgehead atoms. The topological polar surface area (TPSA) is 113 Å². The number of Topliss-reactive ketones (excluding diaryl/α,β-unsaturated/α-hetero) is 1. The highest BCUT2D eigenvalue weighted by Gasteiger charge is 2.26. The molecule has 6 rings (SSSR count). The van der Waals surface area contributed by atoms with Gasteiger partial charge in [0.15, 0.2) is 5.78 Å². The number of aliphatic hydroxyl groups excluding tert-OH is 1. The summed E-state index contributed by atoms with van der Waals surface area (Å²) in [4.78, 5) is 42.1. The lowest BCUT2D eigenvalue weighted by Crippen LogP contribution is -2.32. The second-order valence-electron chi connectivity index (χ2n) is 11.3. The molecule has 1 aliphatic carbocycles. The Balaban J connectivity index is 1.19. The standard InChI is InChI=1S/C32H36N6O3/c1-20-27-18-34-32(36-30(27)38(26-5-3-4-6-26)31(41)29(20)21(2)40)35-28-12-9-24(17-33-28)23-13-15-37(16-14-23)25-10-7-22(19-39)8-11-25/h7-12,17-18,23,26,39H,3-6,13-16,19H2,1-2H3,(H,33,34,35,36). The Morgan fingerprint density at radius 2 is 1.73 bits per heavy atom. The minimum atomic E-state index is -0.255. The van der Waals surface area contributed by atoms with Crippen LogP contribution in [0.3, 0.4) is 0 Å². The Morgan fingerprint density at radius 3 is 2.37 bits per heavy atom. The van der Waals surface area contributed by atoms with Gasteiger partial charge in [-0.25, -0.2) is 9.97 Å². The third-order valence-electron chi connectivity index (χ3n) is 8.73. The number of anilines is 3. The van der Waals surface area contributed by atoms with Gasteiger partial charge in [-0.05, 0) is 80.3 Å². The summed E-state index contributed by atoms with van der Waals surface area (Å²) >= 11 is 0. The molecule has 9 heteroatoms. The fourth-order valence-electron chi connectivity index (χ4n) is 6.43. The van der Waals surface area contributed by atoms with Crippen LogP contribution in [0.2, 0.25) is 0 Å². The minimum Gasteiger partial charge on any atom is -0.392 e. The van der Waals surface area contributed by atoms with Crippen molar-refractivity contribution in [2.75, 3.05) is 23.3 Å². The highest BCUT2D eigenvalue weighted by Crippen LogP contribution is 2.33. The Bertz CT molecular complexity index is 1620. The molecule has 3 aromatic heterocycles. The second-order valence-corrected chi connectivity index (χ2v) is 11.3. The summed E-state index contributed by atoms with van der Waals surface area (Å²) in [5.41, 5.74) is 4.52. The number of nitrogens with zero attached hydrogens (tertiary/aromatic N) is 5. The van der Waals surface area contributed by atoms with Crippen LogP contribution in [0.25, 0.3) is 11.0 Å². The van der Waals surface area contributed by atoms with Crippen LogP contribution in [0, 0.1) is 6.92 Å². The first kappa shape index (κ1) is 27.1. The summed E-state index contributed by atoms with van der Waals surface area (Å²) in [6.45, 7) is 5.26. The summed E-state index contributed by atoms with van der Waals surface area (Å²) < 4.78 is 1.73. The summed E-state index contributed by atoms with van der Waals surface area (Å²) in [7, 11) is 0. The Kier molecular flexibility index (Phi) is 7.53. The van der Waals surface area contributed by atoms with Gasteiger partial charge < -0.3 is 15.3 Å². The number of carbonyl (C=O) groups excluding carboxylic acids is 1. The number of fused-ring (bicyclic) bond motifs is 1. The second kappa shape index (κ2) is 11.4. The van der Waals surface area contributed by atoms with E-state index in [0.717, 1.165) is 62.6 Å². The molecule has 0 unspecified atom stereocenters. The highest BCUT2D eigenvalue weighted by molar-refractivity contribution is 5.99. The molecule has 0 amide bonds. The molecular formula is C32H36N6O3. The number of hydrogen-bond acceptors (Lipinski definition) is 8. The van der Waals surface area contributed by atoms with Gasteiger partial charge in [-0.3, -0.25) is 14.2 Å². The zero-order valence-corrected chi connectivity index (χ0v) is 23.6. The van der Waals surface area contributed by atoms with Gasteiger partial charge in [-0.15, -0.1) is 0 Å². The van der Waals surface area contributed by atoms with E-state index >= 15 is 0 Å². The van der Waals surface area contributed by atoms with Crippen molar-refractivity contribution in [3.8, 4) is 0 Å². The maximum Gasteiger partial charge on any atom is 0.263 e. The van der Waals surface area contributed by atoms with Gasteiger partial charge in [0.25, 0.3) is 5.56 Å². The minimum absolute atomic E-state index is 0.0372. The number of aliphatic hydroxyl groups is 1. The lowest BCUT2D eigenvalue weighted by atomic mass is 9.90. The van der Waals surface area contributed by atoms with E-state index in [1.807, 2.05) is 24.4 Å². The van der Waals surface area contributed by atoms with E-state index in [2.05, 4.69) is 38.4 Å². The number of aromatic nitrogens is 4. The maximum absolute atomic E-state index is 13.5. The van der Waals surface area contributed by atoms with Crippen molar-refractivity contribution >= 4 is 34.3 Å². The largest absolute Gasteiger partial charge is 0.392 e. The molecule has 0 atom stereocenters. The van der Waals surface area contributed by atoms with E-state index < -0.39 is 0 Å². The van der Waals surface area contributed by atoms with Gasteiger partial charge in [0.2, 0.25) is 5.95 Å². The number of benzene rings is 1. The Hall–Kier alpha value is -4.11. The summed E-state index contributed by atoms with van der Waals surface area (Å²) in [5.74, 6) is 1.23. The summed E-state index contributed by atoms with van der Waals surface area (Å²) in [5, 5.41) is 13.2. The summed E-state index contributed by atoms with van der Waals surface area (Å²) in [6.07, 6.45) is 9.65. The maximum atomic E-state index is 13.5. The van der Waals surface area contributed by atoms with Crippen LogP contribution < -0.4 is 15.8 Å². The molecule has 1 saturated carbocycles. The van der Waals surface area contributed by atoms with Crippen molar-refractivity contribution < 1.29 is 9.90 Å². The van der Waals surface area contributed by atoms with Crippen LogP contribution in [-0.2, 0) is 6.61 Å². The summed E-state index contributed by atoms with van der Waals surface area (Å²) in [6, 6.07) is 12.2. The lowest BCUT2D eigenvalue weighted by molar-refractivity contribution is 0.101. The molecule has 4 aromatic rings. The molecule has 0 radical (unpaired) electrons. The van der Waals surface area contributed by atoms with Crippen LogP contribution in [0.1, 0.15) is 84.5 Å². The SMILES string of the molecule is CC(=O)c1c(C)c2cnc(Nc3ccc(C4CCN(c5ccc(CO)cc5)CC4)cn3)nc2n(C2CCCC2)c1=O. The molecule has 4 heterocycles. The molecule has 1 aliphatic heterocycles. The van der Waals surface area contributed by atoms with Crippen molar-refractivity contribution in [3.63, 3.8) is 0 Å². The van der Waals surface area contributed by atoms with Crippen molar-refractivity contribution in [2.45, 2.75) is 70.9 Å². The number of ketones is 1. The van der Waals surface area contributed by atoms with E-state index in [9.17, 15) is 14.7 Å². The number of carbonyl (C=O) groups is 1. The third-order valence-corrected chi connectivity index (χ3v) is 8.73. The smallest absolute Gasteiger partial charge is 0.263 e. The predicted octanol–water partition coefficient (Wildman–Crippen LogP) is 5.43. The van der Waals surface area contributed by atoms with E-state index in [1.54, 1.807) is 17.7 Å². The van der Waals surface area contributed by atoms with Crippen LogP contribution in [0.15, 0.2) is 53.6 Å². The average Bonchev–Trinajstić information content (AvgIpc) is 3.52. The van der Waals surface area contributed by atoms with Gasteiger partial charge >= 0.3 is 0 Å². The van der Waals surface area contributed by atoms with Crippen molar-refractivity contribution in [2.24, 2.45) is 0 Å². The molecule has 1 saturated heterocycles. The van der Waals surface area contributed by atoms with Crippen LogP contribution >= 0.6 is 0 Å². The van der Waals surface area contributed by atoms with Gasteiger partial charge in [0.05, 0.1) is 12.2 Å². The van der Waals surface area contributed by atoms with E-state index in [-0.39, 0.29) is 29.6 Å². The fraction of sp³-hybridized carbons (Fsp3) is 0.406. The molecule has 2 fully saturated rings. The molecule has 0 spiro atoms. The zero-order valence-electron chi connectivity index (χ0n) is 23.6. The number of pyridine rings is 2. The number of nitrogens with one attached hydrogen (secondary N) is 1. The van der Waals surface area contributed by atoms with Crippen LogP contribution in [0.4, 0.5) is 17.5 Å². The first-order valence-electron chi connectivity index (χ1n) is 14.5. The third kappa shape index (κ3) is 5.34. The fourth-order valence-corrected chi connectivity index (χ4v) is 6.43. The van der Waals surface area contributed by atoms with Crippen molar-refractivity contribution in [3.05, 3.63) is 81.4 Å². The Labute approximate surface area is 239 Å². The Morgan fingerprint density at radius 1 is 1.00 bits per heavy atom. The van der Waals surface area contributed by atoms with E-state index in [4.69, 9.17) is 4.98 Å². The van der Waals surface area contributed by atoms with Gasteiger partial charge in [0, 0.05) is 42.6 Å². The first-order valence-corrected chi connectivity index (χ1v) is 14.5. The average molecular weight is 553 g/mol. The number of piperidine rings is 1. The van der Waals surface area contributed by atoms with Gasteiger partial charge in [-0.2, -0.15) is 4.98 Å². The molecule has 41 heavy (non-hydrogen) atoms. The number of rotatable bonds is 7. The lowest BCUT2D eigenvalue weighted by Gasteiger charge is -2.33. The van der Waals surface area contributed by atoms with Gasteiger partial charge in [0.1, 0.15) is 11.5 Å². The van der Waals surface area contributed by atoms with Crippen molar-refractivity contribution in [1.82, 2.24) is 19.5 Å². The monoisotopic (exact) mass is 552 g/mol. The molecule has 1 aromatic carbocycles. The van der Waals surface area contributed by atoms with E-state index in [1.165, 1.54) is 18.2 Å². The quantitative estimate of drug-likeness (QED) is 0.292.